The van der Waals surface area contributed by atoms with Crippen molar-refractivity contribution in [2.75, 3.05) is 18.5 Å². The molecule has 0 aliphatic rings. The molecule has 0 radical (unpaired) electrons. The van der Waals surface area contributed by atoms with Crippen molar-refractivity contribution in [2.24, 2.45) is 5.92 Å². The number of carbonyl (C=O) groups excluding carboxylic acids is 1. The molecule has 100 valence electrons. The predicted octanol–water partition coefficient (Wildman–Crippen LogP) is 2.27. The number of rotatable bonds is 5. The molecule has 0 spiro atoms. The molecular weight excluding hydrogens is 235 g/mol. The second-order valence-electron chi connectivity index (χ2n) is 4.41. The highest BCUT2D eigenvalue weighted by Crippen LogP contribution is 2.15. The number of nitrogens with one attached hydrogen (secondary N) is 2. The molecule has 4 nitrogen and oxygen atoms in total. The molecule has 1 aromatic carbocycles. The van der Waals surface area contributed by atoms with Crippen LogP contribution in [0.3, 0.4) is 0 Å². The standard InChI is InChI=1S/C13H19FN2O2/c1-9(5-6-17)8-15-13(18)16-12-4-3-11(14)7-10(12)2/h3-4,7,9,17H,5-6,8H2,1-2H3,(H2,15,16,18). The maximum atomic E-state index is 12.9. The van der Waals surface area contributed by atoms with Crippen molar-refractivity contribution in [3.63, 3.8) is 0 Å². The van der Waals surface area contributed by atoms with E-state index in [1.54, 1.807) is 6.92 Å². The number of aliphatic hydroxyl groups excluding tert-OH is 1. The van der Waals surface area contributed by atoms with Gasteiger partial charge in [-0.2, -0.15) is 0 Å². The number of hydrogen-bond donors (Lipinski definition) is 3. The smallest absolute Gasteiger partial charge is 0.319 e. The number of hydrogen-bond acceptors (Lipinski definition) is 2. The molecule has 18 heavy (non-hydrogen) atoms. The SMILES string of the molecule is Cc1cc(F)ccc1NC(=O)NCC(C)CCO. The fourth-order valence-corrected chi connectivity index (χ4v) is 1.52. The van der Waals surface area contributed by atoms with E-state index < -0.39 is 0 Å². The zero-order valence-corrected chi connectivity index (χ0v) is 10.7. The lowest BCUT2D eigenvalue weighted by Gasteiger charge is -2.13. The number of urea groups is 1. The highest BCUT2D eigenvalue weighted by Gasteiger charge is 2.07. The van der Waals surface area contributed by atoms with Crippen LogP contribution in [0.5, 0.6) is 0 Å². The zero-order valence-electron chi connectivity index (χ0n) is 10.7. The van der Waals surface area contributed by atoms with Crippen molar-refractivity contribution in [2.45, 2.75) is 20.3 Å². The second-order valence-corrected chi connectivity index (χ2v) is 4.41. The molecule has 0 aliphatic carbocycles. The first-order valence-corrected chi connectivity index (χ1v) is 5.94. The van der Waals surface area contributed by atoms with Crippen molar-refractivity contribution in [1.82, 2.24) is 5.32 Å². The van der Waals surface area contributed by atoms with Crippen LogP contribution in [0.1, 0.15) is 18.9 Å². The fourth-order valence-electron chi connectivity index (χ4n) is 1.52. The van der Waals surface area contributed by atoms with E-state index in [-0.39, 0.29) is 24.4 Å². The predicted molar refractivity (Wildman–Crippen MR) is 69.0 cm³/mol. The van der Waals surface area contributed by atoms with Crippen LogP contribution in [0, 0.1) is 18.7 Å². The Balaban J connectivity index is 2.44. The minimum absolute atomic E-state index is 0.113. The Labute approximate surface area is 106 Å². The minimum Gasteiger partial charge on any atom is -0.396 e. The number of aliphatic hydroxyl groups is 1. The van der Waals surface area contributed by atoms with Gasteiger partial charge in [-0.1, -0.05) is 6.92 Å². The number of aryl methyl sites for hydroxylation is 1. The lowest BCUT2D eigenvalue weighted by molar-refractivity contribution is 0.243. The Bertz CT molecular complexity index is 410. The first kappa shape index (κ1) is 14.4. The molecule has 0 aromatic heterocycles. The summed E-state index contributed by atoms with van der Waals surface area (Å²) in [5.41, 5.74) is 1.26. The lowest BCUT2D eigenvalue weighted by atomic mass is 10.1. The van der Waals surface area contributed by atoms with Gasteiger partial charge in [0.15, 0.2) is 0 Å². The quantitative estimate of drug-likeness (QED) is 0.755. The van der Waals surface area contributed by atoms with Gasteiger partial charge < -0.3 is 15.7 Å². The van der Waals surface area contributed by atoms with Crippen LogP contribution in [-0.4, -0.2) is 24.3 Å². The van der Waals surface area contributed by atoms with Crippen LogP contribution in [0.15, 0.2) is 18.2 Å². The summed E-state index contributed by atoms with van der Waals surface area (Å²) in [5, 5.41) is 14.1. The third-order valence-electron chi connectivity index (χ3n) is 2.67. The average molecular weight is 254 g/mol. The third kappa shape index (κ3) is 4.71. The maximum Gasteiger partial charge on any atom is 0.319 e. The van der Waals surface area contributed by atoms with Crippen molar-refractivity contribution in [3.05, 3.63) is 29.6 Å². The van der Waals surface area contributed by atoms with E-state index in [1.807, 2.05) is 6.92 Å². The minimum atomic E-state index is -0.325. The van der Waals surface area contributed by atoms with Crippen LogP contribution in [0.4, 0.5) is 14.9 Å². The first-order chi connectivity index (χ1) is 8.52. The fraction of sp³-hybridized carbons (Fsp3) is 0.462. The van der Waals surface area contributed by atoms with Crippen LogP contribution < -0.4 is 10.6 Å². The van der Waals surface area contributed by atoms with Gasteiger partial charge in [-0.3, -0.25) is 0 Å². The van der Waals surface area contributed by atoms with Crippen LogP contribution in [0.25, 0.3) is 0 Å². The zero-order chi connectivity index (χ0) is 13.5. The van der Waals surface area contributed by atoms with Gasteiger partial charge in [-0.15, -0.1) is 0 Å². The molecule has 1 rings (SSSR count). The van der Waals surface area contributed by atoms with Crippen molar-refractivity contribution in [1.29, 1.82) is 0 Å². The van der Waals surface area contributed by atoms with Gasteiger partial charge in [0.05, 0.1) is 0 Å². The monoisotopic (exact) mass is 254 g/mol. The topological polar surface area (TPSA) is 61.4 Å². The van der Waals surface area contributed by atoms with E-state index in [1.165, 1.54) is 18.2 Å². The first-order valence-electron chi connectivity index (χ1n) is 5.94. The summed E-state index contributed by atoms with van der Waals surface area (Å²) >= 11 is 0. The Morgan fingerprint density at radius 2 is 2.22 bits per heavy atom. The normalized spacial score (nSPS) is 12.0. The molecule has 0 aliphatic heterocycles. The van der Waals surface area contributed by atoms with Gasteiger partial charge in [-0.25, -0.2) is 9.18 Å². The van der Waals surface area contributed by atoms with E-state index in [0.29, 0.717) is 24.2 Å². The molecule has 3 N–H and O–H groups in total. The van der Waals surface area contributed by atoms with Crippen molar-refractivity contribution in [3.8, 4) is 0 Å². The summed E-state index contributed by atoms with van der Waals surface area (Å²) < 4.78 is 12.9. The number of anilines is 1. The van der Waals surface area contributed by atoms with Gasteiger partial charge in [0.2, 0.25) is 0 Å². The lowest BCUT2D eigenvalue weighted by Crippen LogP contribution is -2.32. The Morgan fingerprint density at radius 3 is 2.83 bits per heavy atom. The van der Waals surface area contributed by atoms with Gasteiger partial charge in [0.25, 0.3) is 0 Å². The van der Waals surface area contributed by atoms with Crippen molar-refractivity contribution >= 4 is 11.7 Å². The third-order valence-corrected chi connectivity index (χ3v) is 2.67. The molecule has 0 bridgehead atoms. The van der Waals surface area contributed by atoms with Crippen LogP contribution in [-0.2, 0) is 0 Å². The molecular formula is C13H19FN2O2. The molecule has 0 fully saturated rings. The van der Waals surface area contributed by atoms with Gasteiger partial charge in [-0.05, 0) is 43.0 Å². The summed E-state index contributed by atoms with van der Waals surface area (Å²) in [4.78, 5) is 11.6. The molecule has 1 aromatic rings. The molecule has 0 saturated carbocycles. The molecule has 2 amide bonds. The Hall–Kier alpha value is -1.62. The largest absolute Gasteiger partial charge is 0.396 e. The van der Waals surface area contributed by atoms with E-state index in [2.05, 4.69) is 10.6 Å². The second kappa shape index (κ2) is 6.96. The van der Waals surface area contributed by atoms with E-state index in [0.717, 1.165) is 0 Å². The summed E-state index contributed by atoms with van der Waals surface area (Å²) in [6, 6.07) is 3.87. The summed E-state index contributed by atoms with van der Waals surface area (Å²) in [6.45, 7) is 4.28. The Morgan fingerprint density at radius 1 is 1.50 bits per heavy atom. The highest BCUT2D eigenvalue weighted by molar-refractivity contribution is 5.89. The average Bonchev–Trinajstić information content (AvgIpc) is 2.31. The van der Waals surface area contributed by atoms with Crippen molar-refractivity contribution < 1.29 is 14.3 Å². The molecule has 0 heterocycles. The van der Waals surface area contributed by atoms with Crippen LogP contribution in [0.2, 0.25) is 0 Å². The maximum absolute atomic E-state index is 12.9. The summed E-state index contributed by atoms with van der Waals surface area (Å²) in [7, 11) is 0. The number of halogens is 1. The van der Waals surface area contributed by atoms with E-state index in [9.17, 15) is 9.18 Å². The highest BCUT2D eigenvalue weighted by atomic mass is 19.1. The number of amides is 2. The molecule has 5 heteroatoms. The van der Waals surface area contributed by atoms with E-state index in [4.69, 9.17) is 5.11 Å². The van der Waals surface area contributed by atoms with Crippen LogP contribution >= 0.6 is 0 Å². The van der Waals surface area contributed by atoms with Gasteiger partial charge in [0.1, 0.15) is 5.82 Å². The number of carbonyl (C=O) groups is 1. The van der Waals surface area contributed by atoms with Gasteiger partial charge in [0, 0.05) is 18.8 Å². The summed E-state index contributed by atoms with van der Waals surface area (Å²) in [6.07, 6.45) is 0.649. The van der Waals surface area contributed by atoms with Gasteiger partial charge >= 0.3 is 6.03 Å². The molecule has 1 atom stereocenters. The molecule has 1 unspecified atom stereocenters. The number of benzene rings is 1. The Kier molecular flexibility index (Phi) is 5.58. The molecule has 0 saturated heterocycles. The summed E-state index contributed by atoms with van der Waals surface area (Å²) in [5.74, 6) is -0.106. The van der Waals surface area contributed by atoms with E-state index >= 15 is 0 Å².